The number of nitrogens with zero attached hydrogens (tertiary/aromatic N) is 2. The first-order valence-corrected chi connectivity index (χ1v) is 9.80. The molecule has 0 bridgehead atoms. The fraction of sp³-hybridized carbons (Fsp3) is 0.125. The predicted octanol–water partition coefficient (Wildman–Crippen LogP) is 3.91. The molecule has 4 amide bonds. The Morgan fingerprint density at radius 1 is 0.938 bits per heavy atom. The van der Waals surface area contributed by atoms with E-state index < -0.39 is 23.7 Å². The van der Waals surface area contributed by atoms with Gasteiger partial charge in [-0.15, -0.1) is 0 Å². The molecule has 7 nitrogen and oxygen atoms in total. The summed E-state index contributed by atoms with van der Waals surface area (Å²) in [5, 5.41) is 2.17. The third-order valence-corrected chi connectivity index (χ3v) is 5.29. The summed E-state index contributed by atoms with van der Waals surface area (Å²) in [4.78, 5) is 38.6. The third-order valence-electron chi connectivity index (χ3n) is 5.29. The zero-order chi connectivity index (χ0) is 23.0. The molecular weight excluding hydrogens is 413 g/mol. The topological polar surface area (TPSA) is 80.6 Å². The minimum atomic E-state index is -0.882. The Morgan fingerprint density at radius 3 is 2.19 bits per heavy atom. The predicted molar refractivity (Wildman–Crippen MR) is 117 cm³/mol. The van der Waals surface area contributed by atoms with Gasteiger partial charge in [0.05, 0.1) is 12.8 Å². The first kappa shape index (κ1) is 21.0. The van der Waals surface area contributed by atoms with Gasteiger partial charge in [-0.25, -0.2) is 14.1 Å². The molecule has 1 N–H and O–H groups in total. The quantitative estimate of drug-likeness (QED) is 0.500. The van der Waals surface area contributed by atoms with Crippen LogP contribution < -0.4 is 15.0 Å². The molecule has 3 aromatic rings. The number of urea groups is 1. The van der Waals surface area contributed by atoms with Gasteiger partial charge in [0.2, 0.25) is 0 Å². The molecule has 0 saturated carbocycles. The Balaban J connectivity index is 1.73. The molecule has 0 aliphatic carbocycles. The standard InChI is InChI=1S/C24H20FN3O4/c1-14-12-16(15(2)27(14)18-8-10-20(32-3)11-9-18)13-21-22(29)26-24(31)28(23(21)30)19-6-4-17(25)5-7-19/h4-13H,1-3H3,(H,26,29,31). The van der Waals surface area contributed by atoms with Gasteiger partial charge in [0.15, 0.2) is 0 Å². The largest absolute Gasteiger partial charge is 0.497 e. The molecule has 0 unspecified atom stereocenters. The molecule has 1 fully saturated rings. The lowest BCUT2D eigenvalue weighted by molar-refractivity contribution is -0.122. The van der Waals surface area contributed by atoms with Crippen molar-refractivity contribution in [1.82, 2.24) is 9.88 Å². The maximum atomic E-state index is 13.3. The molecule has 4 rings (SSSR count). The van der Waals surface area contributed by atoms with Gasteiger partial charge >= 0.3 is 6.03 Å². The monoisotopic (exact) mass is 433 g/mol. The number of methoxy groups -OCH3 is 1. The number of imide groups is 2. The van der Waals surface area contributed by atoms with Crippen molar-refractivity contribution >= 4 is 29.6 Å². The normalized spacial score (nSPS) is 15.3. The second-order valence-electron chi connectivity index (χ2n) is 7.29. The number of hydrogen-bond donors (Lipinski definition) is 1. The van der Waals surface area contributed by atoms with Crippen LogP contribution >= 0.6 is 0 Å². The van der Waals surface area contributed by atoms with Crippen LogP contribution in [0, 0.1) is 19.7 Å². The van der Waals surface area contributed by atoms with Crippen LogP contribution in [0.3, 0.4) is 0 Å². The number of amides is 4. The molecule has 8 heteroatoms. The van der Waals surface area contributed by atoms with Gasteiger partial charge in [-0.3, -0.25) is 14.9 Å². The Labute approximate surface area is 183 Å². The summed E-state index contributed by atoms with van der Waals surface area (Å²) in [5.74, 6) is -1.34. The molecule has 1 aliphatic heterocycles. The van der Waals surface area contributed by atoms with Crippen LogP contribution in [-0.2, 0) is 9.59 Å². The Bertz CT molecular complexity index is 1260. The van der Waals surface area contributed by atoms with Gasteiger partial charge in [-0.05, 0) is 80.1 Å². The van der Waals surface area contributed by atoms with Crippen LogP contribution in [0.25, 0.3) is 11.8 Å². The Morgan fingerprint density at radius 2 is 1.56 bits per heavy atom. The molecule has 2 aromatic carbocycles. The van der Waals surface area contributed by atoms with Crippen molar-refractivity contribution in [3.8, 4) is 11.4 Å². The van der Waals surface area contributed by atoms with Gasteiger partial charge in [0, 0.05) is 17.1 Å². The smallest absolute Gasteiger partial charge is 0.335 e. The summed E-state index contributed by atoms with van der Waals surface area (Å²) >= 11 is 0. The van der Waals surface area contributed by atoms with Crippen LogP contribution in [0.4, 0.5) is 14.9 Å². The number of hydrogen-bond acceptors (Lipinski definition) is 4. The maximum absolute atomic E-state index is 13.3. The van der Waals surface area contributed by atoms with E-state index in [2.05, 4.69) is 5.32 Å². The van der Waals surface area contributed by atoms with Crippen LogP contribution in [0.1, 0.15) is 17.0 Å². The van der Waals surface area contributed by atoms with E-state index >= 15 is 0 Å². The van der Waals surface area contributed by atoms with Gasteiger partial charge in [0.25, 0.3) is 11.8 Å². The molecule has 1 aromatic heterocycles. The van der Waals surface area contributed by atoms with Crippen LogP contribution in [0.2, 0.25) is 0 Å². The highest BCUT2D eigenvalue weighted by Gasteiger charge is 2.37. The van der Waals surface area contributed by atoms with E-state index in [-0.39, 0.29) is 11.3 Å². The maximum Gasteiger partial charge on any atom is 0.335 e. The minimum absolute atomic E-state index is 0.163. The molecule has 0 radical (unpaired) electrons. The fourth-order valence-electron chi connectivity index (χ4n) is 3.70. The van der Waals surface area contributed by atoms with Crippen molar-refractivity contribution in [2.45, 2.75) is 13.8 Å². The lowest BCUT2D eigenvalue weighted by Gasteiger charge is -2.26. The number of halogens is 1. The van der Waals surface area contributed by atoms with Crippen LogP contribution in [-0.4, -0.2) is 29.5 Å². The number of benzene rings is 2. The van der Waals surface area contributed by atoms with E-state index in [0.717, 1.165) is 39.9 Å². The number of aryl methyl sites for hydroxylation is 1. The van der Waals surface area contributed by atoms with E-state index in [9.17, 15) is 18.8 Å². The molecule has 1 saturated heterocycles. The number of carbonyl (C=O) groups excluding carboxylic acids is 3. The number of nitrogens with one attached hydrogen (secondary N) is 1. The molecule has 162 valence electrons. The summed E-state index contributed by atoms with van der Waals surface area (Å²) in [7, 11) is 1.59. The number of ether oxygens (including phenoxy) is 1. The number of rotatable bonds is 4. The molecule has 32 heavy (non-hydrogen) atoms. The van der Waals surface area contributed by atoms with Crippen molar-refractivity contribution in [2.75, 3.05) is 12.0 Å². The summed E-state index contributed by atoms with van der Waals surface area (Å²) in [6, 6.07) is 13.3. The Kier molecular flexibility index (Phi) is 5.36. The van der Waals surface area contributed by atoms with Crippen molar-refractivity contribution in [3.05, 3.63) is 82.9 Å². The summed E-state index contributed by atoms with van der Waals surface area (Å²) in [6.07, 6.45) is 1.46. The minimum Gasteiger partial charge on any atom is -0.497 e. The Hall–Kier alpha value is -4.20. The van der Waals surface area contributed by atoms with E-state index in [1.54, 1.807) is 7.11 Å². The summed E-state index contributed by atoms with van der Waals surface area (Å²) in [6.45, 7) is 3.79. The first-order valence-electron chi connectivity index (χ1n) is 9.80. The van der Waals surface area contributed by atoms with Gasteiger partial charge in [-0.1, -0.05) is 0 Å². The van der Waals surface area contributed by atoms with E-state index in [1.807, 2.05) is 48.7 Å². The van der Waals surface area contributed by atoms with Crippen molar-refractivity contribution in [2.24, 2.45) is 0 Å². The number of barbiturate groups is 1. The zero-order valence-electron chi connectivity index (χ0n) is 17.7. The molecular formula is C24H20FN3O4. The van der Waals surface area contributed by atoms with E-state index in [0.29, 0.717) is 5.56 Å². The highest BCUT2D eigenvalue weighted by atomic mass is 19.1. The summed E-state index contributed by atoms with van der Waals surface area (Å²) in [5.41, 5.74) is 3.23. The highest BCUT2D eigenvalue weighted by Crippen LogP contribution is 2.27. The van der Waals surface area contributed by atoms with Gasteiger partial charge in [0.1, 0.15) is 17.1 Å². The van der Waals surface area contributed by atoms with Crippen molar-refractivity contribution in [1.29, 1.82) is 0 Å². The second-order valence-corrected chi connectivity index (χ2v) is 7.29. The molecule has 2 heterocycles. The average molecular weight is 433 g/mol. The number of aromatic nitrogens is 1. The molecule has 0 atom stereocenters. The van der Waals surface area contributed by atoms with Crippen molar-refractivity contribution in [3.63, 3.8) is 0 Å². The fourth-order valence-corrected chi connectivity index (χ4v) is 3.70. The lowest BCUT2D eigenvalue weighted by atomic mass is 10.1. The number of anilines is 1. The third kappa shape index (κ3) is 3.66. The first-order chi connectivity index (χ1) is 15.3. The lowest BCUT2D eigenvalue weighted by Crippen LogP contribution is -2.54. The molecule has 0 spiro atoms. The molecule has 1 aliphatic rings. The van der Waals surface area contributed by atoms with Gasteiger partial charge < -0.3 is 9.30 Å². The van der Waals surface area contributed by atoms with Crippen LogP contribution in [0.15, 0.2) is 60.2 Å². The average Bonchev–Trinajstić information content (AvgIpc) is 3.05. The van der Waals surface area contributed by atoms with E-state index in [1.165, 1.54) is 18.2 Å². The highest BCUT2D eigenvalue weighted by molar-refractivity contribution is 6.39. The zero-order valence-corrected chi connectivity index (χ0v) is 17.7. The number of carbonyl (C=O) groups is 3. The van der Waals surface area contributed by atoms with E-state index in [4.69, 9.17) is 4.74 Å². The van der Waals surface area contributed by atoms with Crippen molar-refractivity contribution < 1.29 is 23.5 Å². The van der Waals surface area contributed by atoms with Gasteiger partial charge in [-0.2, -0.15) is 0 Å². The second kappa shape index (κ2) is 8.14. The SMILES string of the molecule is COc1ccc(-n2c(C)cc(C=C3C(=O)NC(=O)N(c4ccc(F)cc4)C3=O)c2C)cc1. The summed E-state index contributed by atoms with van der Waals surface area (Å²) < 4.78 is 20.5. The van der Waals surface area contributed by atoms with Crippen LogP contribution in [0.5, 0.6) is 5.75 Å².